The van der Waals surface area contributed by atoms with Crippen molar-refractivity contribution in [1.82, 2.24) is 4.98 Å². The second-order valence-electron chi connectivity index (χ2n) is 4.90. The Bertz CT molecular complexity index is 867. The van der Waals surface area contributed by atoms with Crippen LogP contribution in [0.1, 0.15) is 10.4 Å². The number of hydrogen-bond donors (Lipinski definition) is 1. The van der Waals surface area contributed by atoms with Gasteiger partial charge in [-0.1, -0.05) is 23.7 Å². The molecular formula is C17H11ClF2N2O2S. The Morgan fingerprint density at radius 3 is 2.44 bits per heavy atom. The Morgan fingerprint density at radius 1 is 1.12 bits per heavy atom. The van der Waals surface area contributed by atoms with E-state index >= 15 is 0 Å². The molecule has 0 aliphatic rings. The number of anilines is 1. The molecule has 0 aliphatic carbocycles. The van der Waals surface area contributed by atoms with Crippen molar-refractivity contribution in [3.8, 4) is 17.0 Å². The van der Waals surface area contributed by atoms with Crippen LogP contribution in [0.5, 0.6) is 5.75 Å². The van der Waals surface area contributed by atoms with Crippen LogP contribution in [0.3, 0.4) is 0 Å². The Kier molecular flexibility index (Phi) is 5.25. The quantitative estimate of drug-likeness (QED) is 0.652. The van der Waals surface area contributed by atoms with Crippen LogP contribution in [0.4, 0.5) is 13.9 Å². The Labute approximate surface area is 151 Å². The second kappa shape index (κ2) is 7.58. The monoisotopic (exact) mass is 380 g/mol. The third-order valence-corrected chi connectivity index (χ3v) is 4.22. The Balaban J connectivity index is 1.68. The summed E-state index contributed by atoms with van der Waals surface area (Å²) in [6, 6.07) is 12.6. The van der Waals surface area contributed by atoms with Crippen molar-refractivity contribution < 1.29 is 18.3 Å². The molecule has 0 radical (unpaired) electrons. The normalized spacial score (nSPS) is 10.7. The molecule has 0 fully saturated rings. The molecular weight excluding hydrogens is 370 g/mol. The molecule has 0 spiro atoms. The number of nitrogens with zero attached hydrogens (tertiary/aromatic N) is 1. The molecule has 0 atom stereocenters. The molecule has 0 unspecified atom stereocenters. The first-order chi connectivity index (χ1) is 12.0. The molecule has 0 saturated carbocycles. The van der Waals surface area contributed by atoms with Crippen LogP contribution >= 0.6 is 22.9 Å². The average Bonchev–Trinajstić information content (AvgIpc) is 3.04. The molecule has 0 aliphatic heterocycles. The fraction of sp³-hybridized carbons (Fsp3) is 0.0588. The van der Waals surface area contributed by atoms with Crippen molar-refractivity contribution in [1.29, 1.82) is 0 Å². The topological polar surface area (TPSA) is 51.2 Å². The number of amides is 1. The number of alkyl halides is 2. The number of aromatic nitrogens is 1. The van der Waals surface area contributed by atoms with Gasteiger partial charge in [0.25, 0.3) is 5.91 Å². The lowest BCUT2D eigenvalue weighted by atomic mass is 10.2. The van der Waals surface area contributed by atoms with Gasteiger partial charge < -0.3 is 4.74 Å². The van der Waals surface area contributed by atoms with Gasteiger partial charge in [0.2, 0.25) is 0 Å². The largest absolute Gasteiger partial charge is 0.435 e. The average molecular weight is 381 g/mol. The number of ether oxygens (including phenoxy) is 1. The summed E-state index contributed by atoms with van der Waals surface area (Å²) in [5.74, 6) is -0.397. The summed E-state index contributed by atoms with van der Waals surface area (Å²) in [5, 5.41) is 5.56. The maximum absolute atomic E-state index is 12.2. The van der Waals surface area contributed by atoms with Crippen molar-refractivity contribution in [2.24, 2.45) is 0 Å². The minimum absolute atomic E-state index is 0.00850. The summed E-state index contributed by atoms with van der Waals surface area (Å²) < 4.78 is 28.5. The van der Waals surface area contributed by atoms with Gasteiger partial charge in [0.1, 0.15) is 5.75 Å². The van der Waals surface area contributed by atoms with Gasteiger partial charge >= 0.3 is 6.61 Å². The number of thiazole rings is 1. The molecule has 0 saturated heterocycles. The summed E-state index contributed by atoms with van der Waals surface area (Å²) in [6.45, 7) is -2.90. The zero-order valence-electron chi connectivity index (χ0n) is 12.6. The number of carbonyl (C=O) groups is 1. The number of rotatable bonds is 5. The minimum atomic E-state index is -2.90. The van der Waals surface area contributed by atoms with Gasteiger partial charge in [-0.3, -0.25) is 10.1 Å². The lowest BCUT2D eigenvalue weighted by Crippen LogP contribution is -2.11. The van der Waals surface area contributed by atoms with Crippen molar-refractivity contribution in [3.05, 3.63) is 64.5 Å². The Hall–Kier alpha value is -2.51. The van der Waals surface area contributed by atoms with Crippen LogP contribution in [0.15, 0.2) is 53.9 Å². The van der Waals surface area contributed by atoms with E-state index in [4.69, 9.17) is 11.6 Å². The van der Waals surface area contributed by atoms with E-state index < -0.39 is 6.61 Å². The van der Waals surface area contributed by atoms with Gasteiger partial charge in [-0.25, -0.2) is 4.98 Å². The number of nitrogens with one attached hydrogen (secondary N) is 1. The molecule has 8 heteroatoms. The molecule has 1 amide bonds. The fourth-order valence-electron chi connectivity index (χ4n) is 2.04. The maximum Gasteiger partial charge on any atom is 0.387 e. The molecule has 25 heavy (non-hydrogen) atoms. The highest BCUT2D eigenvalue weighted by Gasteiger charge is 2.11. The van der Waals surface area contributed by atoms with E-state index in [1.807, 2.05) is 17.5 Å². The van der Waals surface area contributed by atoms with Crippen molar-refractivity contribution >= 4 is 34.0 Å². The minimum Gasteiger partial charge on any atom is -0.435 e. The van der Waals surface area contributed by atoms with Crippen LogP contribution in [0.25, 0.3) is 11.3 Å². The molecule has 3 rings (SSSR count). The molecule has 0 bridgehead atoms. The van der Waals surface area contributed by atoms with Crippen LogP contribution in [-0.4, -0.2) is 17.5 Å². The second-order valence-corrected chi connectivity index (χ2v) is 6.20. The van der Waals surface area contributed by atoms with Gasteiger partial charge in [-0.2, -0.15) is 8.78 Å². The first-order valence-electron chi connectivity index (χ1n) is 7.09. The summed E-state index contributed by atoms with van der Waals surface area (Å²) >= 11 is 7.14. The van der Waals surface area contributed by atoms with E-state index in [0.29, 0.717) is 15.7 Å². The van der Waals surface area contributed by atoms with E-state index in [1.165, 1.54) is 35.6 Å². The molecule has 2 aromatic carbocycles. The number of hydrogen-bond acceptors (Lipinski definition) is 4. The molecule has 1 aromatic heterocycles. The van der Waals surface area contributed by atoms with Crippen LogP contribution in [0, 0.1) is 0 Å². The van der Waals surface area contributed by atoms with Gasteiger partial charge in [0, 0.05) is 21.5 Å². The SMILES string of the molecule is O=C(Nc1nc(-c2ccc(Cl)cc2)cs1)c1ccc(OC(F)F)cc1. The lowest BCUT2D eigenvalue weighted by Gasteiger charge is -2.05. The first kappa shape index (κ1) is 17.3. The summed E-state index contributed by atoms with van der Waals surface area (Å²) in [7, 11) is 0. The predicted octanol–water partition coefficient (Wildman–Crippen LogP) is 5.32. The number of carbonyl (C=O) groups excluding carboxylic acids is 1. The number of benzene rings is 2. The maximum atomic E-state index is 12.2. The highest BCUT2D eigenvalue weighted by atomic mass is 35.5. The Morgan fingerprint density at radius 2 is 1.80 bits per heavy atom. The molecule has 3 aromatic rings. The summed E-state index contributed by atoms with van der Waals surface area (Å²) in [4.78, 5) is 16.5. The van der Waals surface area contributed by atoms with E-state index in [1.54, 1.807) is 12.1 Å². The highest BCUT2D eigenvalue weighted by Crippen LogP contribution is 2.26. The fourth-order valence-corrected chi connectivity index (χ4v) is 2.88. The van der Waals surface area contributed by atoms with E-state index in [-0.39, 0.29) is 11.7 Å². The van der Waals surface area contributed by atoms with Crippen LogP contribution in [-0.2, 0) is 0 Å². The highest BCUT2D eigenvalue weighted by molar-refractivity contribution is 7.14. The smallest absolute Gasteiger partial charge is 0.387 e. The summed E-state index contributed by atoms with van der Waals surface area (Å²) in [6.07, 6.45) is 0. The third-order valence-electron chi connectivity index (χ3n) is 3.21. The molecule has 1 heterocycles. The lowest BCUT2D eigenvalue weighted by molar-refractivity contribution is -0.0498. The first-order valence-corrected chi connectivity index (χ1v) is 8.35. The van der Waals surface area contributed by atoms with Crippen LogP contribution < -0.4 is 10.1 Å². The molecule has 4 nitrogen and oxygen atoms in total. The predicted molar refractivity (Wildman–Crippen MR) is 93.6 cm³/mol. The zero-order chi connectivity index (χ0) is 17.8. The summed E-state index contributed by atoms with van der Waals surface area (Å²) in [5.41, 5.74) is 1.91. The van der Waals surface area contributed by atoms with Crippen molar-refractivity contribution in [2.45, 2.75) is 6.61 Å². The van der Waals surface area contributed by atoms with Crippen LogP contribution in [0.2, 0.25) is 5.02 Å². The third kappa shape index (κ3) is 4.52. The van der Waals surface area contributed by atoms with Gasteiger partial charge in [0.15, 0.2) is 5.13 Å². The van der Waals surface area contributed by atoms with Crippen molar-refractivity contribution in [2.75, 3.05) is 5.32 Å². The van der Waals surface area contributed by atoms with Gasteiger partial charge in [-0.15, -0.1) is 11.3 Å². The van der Waals surface area contributed by atoms with Gasteiger partial charge in [0.05, 0.1) is 5.69 Å². The van der Waals surface area contributed by atoms with Crippen molar-refractivity contribution in [3.63, 3.8) is 0 Å². The number of halogens is 3. The van der Waals surface area contributed by atoms with E-state index in [0.717, 1.165) is 11.3 Å². The van der Waals surface area contributed by atoms with E-state index in [9.17, 15) is 13.6 Å². The standard InChI is InChI=1S/C17H11ClF2N2O2S/c18-12-5-1-10(2-6-12)14-9-25-17(21-14)22-15(23)11-3-7-13(8-4-11)24-16(19)20/h1-9,16H,(H,21,22,23). The molecule has 1 N–H and O–H groups in total. The zero-order valence-corrected chi connectivity index (χ0v) is 14.2. The molecule has 128 valence electrons. The van der Waals surface area contributed by atoms with Gasteiger partial charge in [-0.05, 0) is 36.4 Å². The van der Waals surface area contributed by atoms with E-state index in [2.05, 4.69) is 15.0 Å².